The van der Waals surface area contributed by atoms with Gasteiger partial charge in [0.15, 0.2) is 0 Å². The van der Waals surface area contributed by atoms with Crippen molar-refractivity contribution < 1.29 is 18.3 Å². The molecule has 5 nitrogen and oxygen atoms in total. The molecule has 0 spiro atoms. The van der Waals surface area contributed by atoms with Crippen LogP contribution in [-0.4, -0.2) is 19.5 Å². The van der Waals surface area contributed by atoms with Crippen molar-refractivity contribution in [2.24, 2.45) is 0 Å². The Morgan fingerprint density at radius 3 is 2.29 bits per heavy atom. The molecule has 2 rings (SSSR count). The molecule has 0 fully saturated rings. The van der Waals surface area contributed by atoms with Gasteiger partial charge in [-0.1, -0.05) is 38.1 Å². The van der Waals surface area contributed by atoms with Gasteiger partial charge in [0.05, 0.1) is 16.1 Å². The number of para-hydroxylation sites is 1. The number of benzene rings is 2. The molecule has 0 aliphatic heterocycles. The van der Waals surface area contributed by atoms with Crippen molar-refractivity contribution in [2.75, 3.05) is 4.72 Å². The summed E-state index contributed by atoms with van der Waals surface area (Å²) in [6.45, 7) is 7.26. The van der Waals surface area contributed by atoms with E-state index in [9.17, 15) is 18.3 Å². The lowest BCUT2D eigenvalue weighted by Gasteiger charge is -2.16. The second-order valence-corrected chi connectivity index (χ2v) is 7.74. The molecule has 2 aromatic rings. The maximum absolute atomic E-state index is 12.8. The van der Waals surface area contributed by atoms with Gasteiger partial charge in [-0.2, -0.15) is 0 Å². The summed E-state index contributed by atoms with van der Waals surface area (Å²) in [5.74, 6) is -0.996. The van der Waals surface area contributed by atoms with Gasteiger partial charge < -0.3 is 5.11 Å². The van der Waals surface area contributed by atoms with E-state index in [0.29, 0.717) is 16.8 Å². The zero-order chi connectivity index (χ0) is 18.1. The average molecular weight is 347 g/mol. The molecule has 0 saturated carbocycles. The molecular formula is C18H21NO4S. The summed E-state index contributed by atoms with van der Waals surface area (Å²) in [6.07, 6.45) is 0. The number of hydrogen-bond acceptors (Lipinski definition) is 3. The molecule has 0 saturated heterocycles. The van der Waals surface area contributed by atoms with Gasteiger partial charge in [0.1, 0.15) is 0 Å². The maximum Gasteiger partial charge on any atom is 0.335 e. The topological polar surface area (TPSA) is 83.5 Å². The third kappa shape index (κ3) is 3.59. The molecule has 0 aliphatic rings. The van der Waals surface area contributed by atoms with Crippen LogP contribution in [0.4, 0.5) is 5.69 Å². The Balaban J connectivity index is 2.53. The van der Waals surface area contributed by atoms with E-state index >= 15 is 0 Å². The Morgan fingerprint density at radius 2 is 1.71 bits per heavy atom. The molecule has 0 radical (unpaired) electrons. The highest BCUT2D eigenvalue weighted by molar-refractivity contribution is 7.92. The highest BCUT2D eigenvalue weighted by atomic mass is 32.2. The molecule has 0 aromatic heterocycles. The standard InChI is InChI=1S/C18H21NO4S/c1-11(2)14-7-5-6-8-16(14)19-24(22,23)17-10-15(18(20)21)12(3)9-13(17)4/h5-11,19H,1-4H3,(H,20,21). The fourth-order valence-electron chi connectivity index (χ4n) is 2.65. The monoisotopic (exact) mass is 347 g/mol. The van der Waals surface area contributed by atoms with E-state index in [4.69, 9.17) is 0 Å². The third-order valence-electron chi connectivity index (χ3n) is 3.87. The Morgan fingerprint density at radius 1 is 1.08 bits per heavy atom. The number of carbonyl (C=O) groups is 1. The van der Waals surface area contributed by atoms with Crippen LogP contribution >= 0.6 is 0 Å². The molecular weight excluding hydrogens is 326 g/mol. The quantitative estimate of drug-likeness (QED) is 0.858. The maximum atomic E-state index is 12.8. The first-order chi connectivity index (χ1) is 11.1. The SMILES string of the molecule is Cc1cc(C)c(S(=O)(=O)Nc2ccccc2C(C)C)cc1C(=O)O. The van der Waals surface area contributed by atoms with Crippen LogP contribution in [-0.2, 0) is 10.0 Å². The third-order valence-corrected chi connectivity index (χ3v) is 5.38. The van der Waals surface area contributed by atoms with E-state index in [-0.39, 0.29) is 16.4 Å². The van der Waals surface area contributed by atoms with Gasteiger partial charge in [0, 0.05) is 0 Å². The number of carboxylic acids is 1. The summed E-state index contributed by atoms with van der Waals surface area (Å²) in [4.78, 5) is 11.3. The lowest BCUT2D eigenvalue weighted by Crippen LogP contribution is -2.17. The molecule has 0 bridgehead atoms. The van der Waals surface area contributed by atoms with Gasteiger partial charge in [0.25, 0.3) is 10.0 Å². The summed E-state index contributed by atoms with van der Waals surface area (Å²) in [7, 11) is -3.89. The van der Waals surface area contributed by atoms with Crippen LogP contribution in [0.25, 0.3) is 0 Å². The average Bonchev–Trinajstić information content (AvgIpc) is 2.46. The molecule has 0 aliphatic carbocycles. The molecule has 24 heavy (non-hydrogen) atoms. The smallest absolute Gasteiger partial charge is 0.335 e. The molecule has 128 valence electrons. The van der Waals surface area contributed by atoms with Crippen LogP contribution in [0.2, 0.25) is 0 Å². The van der Waals surface area contributed by atoms with E-state index < -0.39 is 16.0 Å². The fraction of sp³-hybridized carbons (Fsp3) is 0.278. The minimum atomic E-state index is -3.89. The first kappa shape index (κ1) is 18.0. The number of carboxylic acid groups (broad SMARTS) is 1. The second kappa shape index (κ2) is 6.65. The van der Waals surface area contributed by atoms with Gasteiger partial charge in [0.2, 0.25) is 0 Å². The molecule has 6 heteroatoms. The number of rotatable bonds is 5. The number of sulfonamides is 1. The van der Waals surface area contributed by atoms with Crippen molar-refractivity contribution >= 4 is 21.7 Å². The second-order valence-electron chi connectivity index (χ2n) is 6.09. The molecule has 0 unspecified atom stereocenters. The largest absolute Gasteiger partial charge is 0.478 e. The Hall–Kier alpha value is -2.34. The summed E-state index contributed by atoms with van der Waals surface area (Å²) in [5.41, 5.74) is 2.40. The summed E-state index contributed by atoms with van der Waals surface area (Å²) in [5, 5.41) is 9.24. The Kier molecular flexibility index (Phi) is 4.99. The van der Waals surface area contributed by atoms with Gasteiger partial charge in [-0.3, -0.25) is 4.72 Å². The summed E-state index contributed by atoms with van der Waals surface area (Å²) < 4.78 is 28.1. The first-order valence-corrected chi connectivity index (χ1v) is 9.08. The van der Waals surface area contributed by atoms with Crippen molar-refractivity contribution in [1.29, 1.82) is 0 Å². The van der Waals surface area contributed by atoms with Crippen LogP contribution in [0.5, 0.6) is 0 Å². The first-order valence-electron chi connectivity index (χ1n) is 7.59. The van der Waals surface area contributed by atoms with E-state index in [1.807, 2.05) is 26.0 Å². The fourth-order valence-corrected chi connectivity index (χ4v) is 3.99. The Labute approximate surface area is 142 Å². The molecule has 2 N–H and O–H groups in total. The van der Waals surface area contributed by atoms with Crippen LogP contribution < -0.4 is 4.72 Å². The van der Waals surface area contributed by atoms with E-state index in [2.05, 4.69) is 4.72 Å². The van der Waals surface area contributed by atoms with Crippen molar-refractivity contribution in [3.05, 3.63) is 58.7 Å². The van der Waals surface area contributed by atoms with Crippen molar-refractivity contribution in [2.45, 2.75) is 38.5 Å². The van der Waals surface area contributed by atoms with Crippen LogP contribution in [0.1, 0.15) is 46.8 Å². The zero-order valence-corrected chi connectivity index (χ0v) is 14.9. The van der Waals surface area contributed by atoms with E-state index in [0.717, 1.165) is 5.56 Å². The molecule has 0 atom stereocenters. The number of aromatic carboxylic acids is 1. The summed E-state index contributed by atoms with van der Waals surface area (Å²) >= 11 is 0. The van der Waals surface area contributed by atoms with Crippen molar-refractivity contribution in [3.8, 4) is 0 Å². The van der Waals surface area contributed by atoms with E-state index in [1.165, 1.54) is 6.07 Å². The van der Waals surface area contributed by atoms with Gasteiger partial charge in [-0.05, 0) is 48.6 Å². The minimum absolute atomic E-state index is 0.0156. The number of anilines is 1. The number of hydrogen-bond donors (Lipinski definition) is 2. The molecule has 0 amide bonds. The van der Waals surface area contributed by atoms with Gasteiger partial charge in [-0.15, -0.1) is 0 Å². The lowest BCUT2D eigenvalue weighted by molar-refractivity contribution is 0.0696. The molecule has 0 heterocycles. The van der Waals surface area contributed by atoms with Crippen LogP contribution in [0, 0.1) is 13.8 Å². The molecule has 2 aromatic carbocycles. The normalized spacial score (nSPS) is 11.5. The zero-order valence-electron chi connectivity index (χ0n) is 14.1. The number of nitrogens with one attached hydrogen (secondary N) is 1. The predicted octanol–water partition coefficient (Wildman–Crippen LogP) is 3.93. The number of aryl methyl sites for hydroxylation is 2. The highest BCUT2D eigenvalue weighted by Gasteiger charge is 2.22. The van der Waals surface area contributed by atoms with Gasteiger partial charge >= 0.3 is 5.97 Å². The lowest BCUT2D eigenvalue weighted by atomic mass is 10.0. The van der Waals surface area contributed by atoms with Crippen molar-refractivity contribution in [3.63, 3.8) is 0 Å². The predicted molar refractivity (Wildman–Crippen MR) is 94.2 cm³/mol. The summed E-state index contributed by atoms with van der Waals surface area (Å²) in [6, 6.07) is 9.97. The van der Waals surface area contributed by atoms with Gasteiger partial charge in [-0.25, -0.2) is 13.2 Å². The van der Waals surface area contributed by atoms with Crippen molar-refractivity contribution in [1.82, 2.24) is 0 Å². The highest BCUT2D eigenvalue weighted by Crippen LogP contribution is 2.28. The minimum Gasteiger partial charge on any atom is -0.478 e. The Bertz CT molecular complexity index is 886. The van der Waals surface area contributed by atoms with Crippen LogP contribution in [0.15, 0.2) is 41.3 Å². The van der Waals surface area contributed by atoms with E-state index in [1.54, 1.807) is 32.0 Å². The van der Waals surface area contributed by atoms with Crippen LogP contribution in [0.3, 0.4) is 0 Å².